The van der Waals surface area contributed by atoms with E-state index in [1.165, 1.54) is 17.1 Å². The van der Waals surface area contributed by atoms with E-state index < -0.39 is 29.8 Å². The number of urea groups is 1. The van der Waals surface area contributed by atoms with Gasteiger partial charge < -0.3 is 10.1 Å². The van der Waals surface area contributed by atoms with Crippen molar-refractivity contribution in [2.75, 3.05) is 11.9 Å². The Morgan fingerprint density at radius 3 is 2.07 bits per heavy atom. The SMILES string of the molecule is O=C(Nc1ccc(C(F)(F)F)cc1)N1CC(c2ccccc2)(c2ccc(OC(F)F)cc2)C(c2ccc(Cl)cc2)=N1. The van der Waals surface area contributed by atoms with Gasteiger partial charge in [-0.1, -0.05) is 66.2 Å². The molecule has 11 heteroatoms. The summed E-state index contributed by atoms with van der Waals surface area (Å²) in [4.78, 5) is 13.4. The van der Waals surface area contributed by atoms with Crippen LogP contribution in [0.4, 0.5) is 32.4 Å². The fourth-order valence-corrected chi connectivity index (χ4v) is 4.89. The van der Waals surface area contributed by atoms with Gasteiger partial charge in [0, 0.05) is 10.7 Å². The Labute approximate surface area is 236 Å². The molecule has 1 N–H and O–H groups in total. The van der Waals surface area contributed by atoms with Crippen molar-refractivity contribution in [1.29, 1.82) is 0 Å². The number of nitrogens with one attached hydrogen (secondary N) is 1. The lowest BCUT2D eigenvalue weighted by atomic mass is 9.69. The number of ether oxygens (including phenoxy) is 1. The number of hydrogen-bond acceptors (Lipinski definition) is 3. The summed E-state index contributed by atoms with van der Waals surface area (Å²) >= 11 is 6.13. The van der Waals surface area contributed by atoms with Crippen LogP contribution in [0.2, 0.25) is 5.02 Å². The van der Waals surface area contributed by atoms with Crippen molar-refractivity contribution >= 4 is 29.0 Å². The summed E-state index contributed by atoms with van der Waals surface area (Å²) in [5, 5.41) is 8.97. The van der Waals surface area contributed by atoms with Crippen LogP contribution in [0.3, 0.4) is 0 Å². The van der Waals surface area contributed by atoms with Crippen molar-refractivity contribution in [3.05, 3.63) is 130 Å². The van der Waals surface area contributed by atoms with Gasteiger partial charge in [0.25, 0.3) is 0 Å². The van der Waals surface area contributed by atoms with Gasteiger partial charge in [0.1, 0.15) is 5.75 Å². The van der Waals surface area contributed by atoms with E-state index in [0.717, 1.165) is 29.8 Å². The summed E-state index contributed by atoms with van der Waals surface area (Å²) in [7, 11) is 0. The lowest BCUT2D eigenvalue weighted by Gasteiger charge is -2.32. The molecule has 0 spiro atoms. The predicted octanol–water partition coefficient (Wildman–Crippen LogP) is 8.20. The lowest BCUT2D eigenvalue weighted by molar-refractivity contribution is -0.137. The normalized spacial score (nSPS) is 17.0. The van der Waals surface area contributed by atoms with Crippen LogP contribution in [-0.2, 0) is 11.6 Å². The van der Waals surface area contributed by atoms with Crippen molar-refractivity contribution in [2.45, 2.75) is 18.2 Å². The van der Waals surface area contributed by atoms with Crippen molar-refractivity contribution in [3.63, 3.8) is 0 Å². The molecule has 41 heavy (non-hydrogen) atoms. The van der Waals surface area contributed by atoms with Crippen molar-refractivity contribution in [2.24, 2.45) is 5.10 Å². The average Bonchev–Trinajstić information content (AvgIpc) is 3.36. The van der Waals surface area contributed by atoms with E-state index in [1.54, 1.807) is 36.4 Å². The molecule has 1 atom stereocenters. The molecule has 0 fully saturated rings. The molecule has 0 aliphatic carbocycles. The van der Waals surface area contributed by atoms with Crippen LogP contribution in [0.25, 0.3) is 0 Å². The molecule has 1 aliphatic heterocycles. The van der Waals surface area contributed by atoms with Crippen molar-refractivity contribution < 1.29 is 31.5 Å². The number of benzene rings is 4. The molecule has 210 valence electrons. The van der Waals surface area contributed by atoms with Crippen LogP contribution < -0.4 is 10.1 Å². The molecular weight excluding hydrogens is 565 g/mol. The van der Waals surface area contributed by atoms with Crippen LogP contribution in [-0.4, -0.2) is 29.9 Å². The third-order valence-corrected chi connectivity index (χ3v) is 6.92. The summed E-state index contributed by atoms with van der Waals surface area (Å²) < 4.78 is 69.1. The number of rotatable bonds is 6. The minimum Gasteiger partial charge on any atom is -0.435 e. The van der Waals surface area contributed by atoms with Gasteiger partial charge in [0.15, 0.2) is 0 Å². The summed E-state index contributed by atoms with van der Waals surface area (Å²) in [6.45, 7) is -3.00. The number of carbonyl (C=O) groups is 1. The summed E-state index contributed by atoms with van der Waals surface area (Å²) in [5.74, 6) is -0.0353. The summed E-state index contributed by atoms with van der Waals surface area (Å²) in [6.07, 6.45) is -4.51. The third-order valence-electron chi connectivity index (χ3n) is 6.67. The highest BCUT2D eigenvalue weighted by Gasteiger charge is 2.48. The molecule has 0 bridgehead atoms. The van der Waals surface area contributed by atoms with Gasteiger partial charge in [-0.05, 0) is 65.2 Å². The first-order valence-corrected chi connectivity index (χ1v) is 12.7. The minimum atomic E-state index is -4.51. The Bertz CT molecular complexity index is 1540. The molecule has 0 saturated carbocycles. The number of halogens is 6. The third kappa shape index (κ3) is 5.88. The number of anilines is 1. The average molecular weight is 586 g/mol. The smallest absolute Gasteiger partial charge is 0.416 e. The largest absolute Gasteiger partial charge is 0.435 e. The van der Waals surface area contributed by atoms with Crippen molar-refractivity contribution in [3.8, 4) is 5.75 Å². The fourth-order valence-electron chi connectivity index (χ4n) is 4.77. The number of nitrogens with zero attached hydrogens (tertiary/aromatic N) is 2. The summed E-state index contributed by atoms with van der Waals surface area (Å²) in [5.41, 5.74) is 0.779. The highest BCUT2D eigenvalue weighted by Crippen LogP contribution is 2.42. The Balaban J connectivity index is 1.58. The second kappa shape index (κ2) is 11.2. The first-order valence-electron chi connectivity index (χ1n) is 12.3. The zero-order chi connectivity index (χ0) is 29.2. The maximum Gasteiger partial charge on any atom is 0.416 e. The van der Waals surface area contributed by atoms with E-state index >= 15 is 0 Å². The van der Waals surface area contributed by atoms with Gasteiger partial charge in [0.05, 0.1) is 23.2 Å². The van der Waals surface area contributed by atoms with E-state index in [2.05, 4.69) is 15.2 Å². The standard InChI is InChI=1S/C30H21ClF5N3O2/c31-23-12-6-19(7-13-23)26-29(20-4-2-1-3-5-20,21-10-16-25(17-11-21)41-27(32)33)18-39(38-26)28(40)37-24-14-8-22(9-15-24)30(34,35)36/h1-17,27H,18H2,(H,37,40). The number of alkyl halides is 5. The summed E-state index contributed by atoms with van der Waals surface area (Å²) in [6, 6.07) is 25.6. The highest BCUT2D eigenvalue weighted by atomic mass is 35.5. The van der Waals surface area contributed by atoms with Crippen molar-refractivity contribution in [1.82, 2.24) is 5.01 Å². The molecule has 1 aliphatic rings. The molecule has 0 radical (unpaired) electrons. The number of hydrogen-bond donors (Lipinski definition) is 1. The van der Waals surface area contributed by atoms with Gasteiger partial charge in [0.2, 0.25) is 0 Å². The maximum atomic E-state index is 13.4. The van der Waals surface area contributed by atoms with E-state index in [-0.39, 0.29) is 18.0 Å². The first-order chi connectivity index (χ1) is 19.6. The quantitative estimate of drug-likeness (QED) is 0.232. The molecular formula is C30H21ClF5N3O2. The molecule has 5 nitrogen and oxygen atoms in total. The van der Waals surface area contributed by atoms with Gasteiger partial charge in [-0.2, -0.15) is 27.1 Å². The van der Waals surface area contributed by atoms with E-state index in [9.17, 15) is 26.7 Å². The Morgan fingerprint density at radius 2 is 1.49 bits per heavy atom. The van der Waals surface area contributed by atoms with Crippen LogP contribution in [0, 0.1) is 0 Å². The van der Waals surface area contributed by atoms with Gasteiger partial charge in [-0.3, -0.25) is 0 Å². The van der Waals surface area contributed by atoms with Gasteiger partial charge >= 0.3 is 18.8 Å². The Morgan fingerprint density at radius 1 is 0.878 bits per heavy atom. The molecule has 0 saturated heterocycles. The fraction of sp³-hybridized carbons (Fsp3) is 0.133. The van der Waals surface area contributed by atoms with Crippen LogP contribution >= 0.6 is 11.6 Å². The zero-order valence-corrected chi connectivity index (χ0v) is 21.8. The minimum absolute atomic E-state index is 0.00348. The van der Waals surface area contributed by atoms with Crippen LogP contribution in [0.15, 0.2) is 108 Å². The van der Waals surface area contributed by atoms with Gasteiger partial charge in [-0.25, -0.2) is 9.80 Å². The molecule has 1 heterocycles. The number of amides is 2. The molecule has 5 rings (SSSR count). The van der Waals surface area contributed by atoms with E-state index in [4.69, 9.17) is 11.6 Å². The second-order valence-electron chi connectivity index (χ2n) is 9.19. The predicted molar refractivity (Wildman–Crippen MR) is 145 cm³/mol. The second-order valence-corrected chi connectivity index (χ2v) is 9.63. The van der Waals surface area contributed by atoms with Crippen LogP contribution in [0.5, 0.6) is 5.75 Å². The molecule has 4 aromatic carbocycles. The van der Waals surface area contributed by atoms with E-state index in [1.807, 2.05) is 30.3 Å². The monoisotopic (exact) mass is 585 g/mol. The molecule has 0 aromatic heterocycles. The molecule has 2 amide bonds. The lowest BCUT2D eigenvalue weighted by Crippen LogP contribution is -2.42. The topological polar surface area (TPSA) is 53.9 Å². The molecule has 1 unspecified atom stereocenters. The maximum absolute atomic E-state index is 13.4. The Hall–Kier alpha value is -4.44. The zero-order valence-electron chi connectivity index (χ0n) is 21.1. The number of hydrazone groups is 1. The number of carbonyl (C=O) groups excluding carboxylic acids is 1. The van der Waals surface area contributed by atoms with Crippen LogP contribution in [0.1, 0.15) is 22.3 Å². The van der Waals surface area contributed by atoms with E-state index in [0.29, 0.717) is 21.9 Å². The first kappa shape index (κ1) is 28.1. The van der Waals surface area contributed by atoms with Gasteiger partial charge in [-0.15, -0.1) is 0 Å². The highest BCUT2D eigenvalue weighted by molar-refractivity contribution is 6.30. The molecule has 4 aromatic rings. The Kier molecular flexibility index (Phi) is 7.68.